The van der Waals surface area contributed by atoms with E-state index in [2.05, 4.69) is 173 Å². The highest BCUT2D eigenvalue weighted by Gasteiger charge is 2.42. The van der Waals surface area contributed by atoms with Gasteiger partial charge in [0, 0.05) is 28.1 Å². The molecule has 48 heavy (non-hydrogen) atoms. The number of hydrogen-bond donors (Lipinski definition) is 1. The molecule has 1 N–H and O–H groups in total. The lowest BCUT2D eigenvalue weighted by Gasteiger charge is -2.24. The van der Waals surface area contributed by atoms with Gasteiger partial charge >= 0.3 is 0 Å². The van der Waals surface area contributed by atoms with Crippen LogP contribution in [0.3, 0.4) is 0 Å². The highest BCUT2D eigenvalue weighted by atomic mass is 14.9. The molecule has 0 saturated heterocycles. The van der Waals surface area contributed by atoms with Gasteiger partial charge in [-0.05, 0) is 119 Å². The van der Waals surface area contributed by atoms with Crippen molar-refractivity contribution in [2.75, 3.05) is 5.32 Å². The van der Waals surface area contributed by atoms with E-state index >= 15 is 0 Å². The van der Waals surface area contributed by atoms with E-state index in [9.17, 15) is 0 Å². The Morgan fingerprint density at radius 2 is 1.06 bits per heavy atom. The minimum absolute atomic E-state index is 0.0526. The fourth-order valence-electron chi connectivity index (χ4n) is 9.27. The summed E-state index contributed by atoms with van der Waals surface area (Å²) in [7, 11) is 0. The van der Waals surface area contributed by atoms with E-state index in [1.54, 1.807) is 0 Å². The molecule has 0 bridgehead atoms. The molecule has 3 aliphatic rings. The lowest BCUT2D eigenvalue weighted by Crippen LogP contribution is -2.17. The molecule has 230 valence electrons. The third-order valence-corrected chi connectivity index (χ3v) is 11.7. The molecule has 0 spiro atoms. The number of hydrogen-bond acceptors (Lipinski definition) is 1. The first-order valence-corrected chi connectivity index (χ1v) is 17.2. The van der Waals surface area contributed by atoms with Gasteiger partial charge in [-0.2, -0.15) is 0 Å². The highest BCUT2D eigenvalue weighted by molar-refractivity contribution is 6.03. The van der Waals surface area contributed by atoms with Gasteiger partial charge in [0.1, 0.15) is 0 Å². The Hall–Kier alpha value is -5.40. The number of anilines is 2. The second-order valence-electron chi connectivity index (χ2n) is 15.0. The Morgan fingerprint density at radius 3 is 1.92 bits per heavy atom. The normalized spacial score (nSPS) is 16.9. The van der Waals surface area contributed by atoms with Crippen LogP contribution >= 0.6 is 0 Å². The fraction of sp³-hybridized carbons (Fsp3) is 0.149. The summed E-state index contributed by atoms with van der Waals surface area (Å²) in [5.41, 5.74) is 20.1. The zero-order valence-corrected chi connectivity index (χ0v) is 27.9. The summed E-state index contributed by atoms with van der Waals surface area (Å²) in [6.45, 7) is 9.58. The molecule has 0 aliphatic heterocycles. The van der Waals surface area contributed by atoms with Gasteiger partial charge in [0.25, 0.3) is 0 Å². The van der Waals surface area contributed by atoms with Crippen LogP contribution in [0.1, 0.15) is 72.6 Å². The Labute approximate surface area is 282 Å². The molecule has 0 amide bonds. The second kappa shape index (κ2) is 9.58. The monoisotopic (exact) mass is 615 g/mol. The first kappa shape index (κ1) is 27.7. The first-order valence-electron chi connectivity index (χ1n) is 17.2. The van der Waals surface area contributed by atoms with Crippen LogP contribution < -0.4 is 5.32 Å². The SMILES string of the molecule is CC1(C)c2cc(Nc3ccc4c(c3)C(c3ccccc3)c3ccccc3-4)ccc2-c2cc3c(cc21)-c1c(ccc2ccccc12)C3(C)C. The van der Waals surface area contributed by atoms with Gasteiger partial charge < -0.3 is 5.32 Å². The van der Waals surface area contributed by atoms with Crippen LogP contribution in [0, 0.1) is 0 Å². The summed E-state index contributed by atoms with van der Waals surface area (Å²) in [5.74, 6) is 0.237. The average Bonchev–Trinajstić information content (AvgIpc) is 3.64. The van der Waals surface area contributed by atoms with Gasteiger partial charge in [0.15, 0.2) is 0 Å². The molecule has 1 unspecified atom stereocenters. The molecule has 0 aromatic heterocycles. The Kier molecular flexibility index (Phi) is 5.53. The molecule has 1 atom stereocenters. The lowest BCUT2D eigenvalue weighted by atomic mass is 9.79. The number of benzene rings is 7. The van der Waals surface area contributed by atoms with E-state index in [-0.39, 0.29) is 16.7 Å². The largest absolute Gasteiger partial charge is 0.356 e. The molecule has 7 aromatic rings. The Bertz CT molecular complexity index is 2480. The van der Waals surface area contributed by atoms with Crippen LogP contribution in [0.5, 0.6) is 0 Å². The van der Waals surface area contributed by atoms with Crippen molar-refractivity contribution >= 4 is 22.1 Å². The molecular formula is C47H37N. The first-order chi connectivity index (χ1) is 23.3. The molecule has 1 nitrogen and oxygen atoms in total. The topological polar surface area (TPSA) is 12.0 Å². The quantitative estimate of drug-likeness (QED) is 0.208. The molecule has 0 fully saturated rings. The van der Waals surface area contributed by atoms with Gasteiger partial charge in [0.05, 0.1) is 0 Å². The lowest BCUT2D eigenvalue weighted by molar-refractivity contribution is 0.652. The second-order valence-corrected chi connectivity index (χ2v) is 15.0. The van der Waals surface area contributed by atoms with Crippen LogP contribution in [0.4, 0.5) is 11.4 Å². The molecular weight excluding hydrogens is 579 g/mol. The van der Waals surface area contributed by atoms with Gasteiger partial charge in [-0.25, -0.2) is 0 Å². The van der Waals surface area contributed by atoms with Crippen molar-refractivity contribution in [3.05, 3.63) is 178 Å². The molecule has 0 radical (unpaired) electrons. The summed E-state index contributed by atoms with van der Waals surface area (Å²) in [5, 5.41) is 6.48. The van der Waals surface area contributed by atoms with Crippen molar-refractivity contribution < 1.29 is 0 Å². The molecule has 7 aromatic carbocycles. The number of rotatable bonds is 3. The molecule has 10 rings (SSSR count). The van der Waals surface area contributed by atoms with Crippen molar-refractivity contribution in [1.82, 2.24) is 0 Å². The van der Waals surface area contributed by atoms with Crippen molar-refractivity contribution in [2.24, 2.45) is 0 Å². The summed E-state index contributed by atoms with van der Waals surface area (Å²) < 4.78 is 0. The van der Waals surface area contributed by atoms with Crippen molar-refractivity contribution in [3.8, 4) is 33.4 Å². The fourth-order valence-corrected chi connectivity index (χ4v) is 9.27. The molecule has 3 aliphatic carbocycles. The van der Waals surface area contributed by atoms with Crippen LogP contribution in [0.15, 0.2) is 140 Å². The number of fused-ring (bicyclic) bond motifs is 11. The minimum atomic E-state index is -0.118. The van der Waals surface area contributed by atoms with Gasteiger partial charge in [-0.1, -0.05) is 131 Å². The van der Waals surface area contributed by atoms with E-state index < -0.39 is 0 Å². The van der Waals surface area contributed by atoms with E-state index in [0.29, 0.717) is 0 Å². The van der Waals surface area contributed by atoms with Crippen molar-refractivity contribution in [2.45, 2.75) is 44.4 Å². The van der Waals surface area contributed by atoms with Crippen LogP contribution in [0.25, 0.3) is 44.2 Å². The highest BCUT2D eigenvalue weighted by Crippen LogP contribution is 2.57. The van der Waals surface area contributed by atoms with Crippen molar-refractivity contribution in [3.63, 3.8) is 0 Å². The third-order valence-electron chi connectivity index (χ3n) is 11.7. The summed E-state index contributed by atoms with van der Waals surface area (Å²) in [6, 6.07) is 52.3. The molecule has 0 heterocycles. The van der Waals surface area contributed by atoms with Crippen LogP contribution in [-0.2, 0) is 10.8 Å². The van der Waals surface area contributed by atoms with E-state index in [0.717, 1.165) is 11.4 Å². The Morgan fingerprint density at radius 1 is 0.438 bits per heavy atom. The maximum atomic E-state index is 3.82. The van der Waals surface area contributed by atoms with E-state index in [1.165, 1.54) is 83.1 Å². The molecule has 1 heteroatoms. The molecule has 0 saturated carbocycles. The number of nitrogens with one attached hydrogen (secondary N) is 1. The van der Waals surface area contributed by atoms with Gasteiger partial charge in [-0.3, -0.25) is 0 Å². The Balaban J connectivity index is 1.05. The van der Waals surface area contributed by atoms with Gasteiger partial charge in [0.2, 0.25) is 0 Å². The zero-order chi connectivity index (χ0) is 32.4. The third kappa shape index (κ3) is 3.68. The van der Waals surface area contributed by atoms with Crippen molar-refractivity contribution in [1.29, 1.82) is 0 Å². The summed E-state index contributed by atoms with van der Waals surface area (Å²) in [6.07, 6.45) is 0. The zero-order valence-electron chi connectivity index (χ0n) is 27.9. The summed E-state index contributed by atoms with van der Waals surface area (Å²) >= 11 is 0. The van der Waals surface area contributed by atoms with Crippen LogP contribution in [-0.4, -0.2) is 0 Å². The predicted octanol–water partition coefficient (Wildman–Crippen LogP) is 12.4. The standard InChI is InChI=1S/C47H37N/c1-46(2)40-23-18-28-12-8-9-15-32(28)45(40)39-27-42-37(26-43(39)46)35-22-20-31(25-41(35)47(42,3)4)48-30-19-21-34-33-16-10-11-17-36(33)44(38(34)24-30)29-13-6-5-7-14-29/h5-27,44,48H,1-4H3. The minimum Gasteiger partial charge on any atom is -0.356 e. The summed E-state index contributed by atoms with van der Waals surface area (Å²) in [4.78, 5) is 0. The maximum absolute atomic E-state index is 3.82. The van der Waals surface area contributed by atoms with E-state index in [4.69, 9.17) is 0 Å². The van der Waals surface area contributed by atoms with E-state index in [1.807, 2.05) is 0 Å². The van der Waals surface area contributed by atoms with Gasteiger partial charge in [-0.15, -0.1) is 0 Å². The van der Waals surface area contributed by atoms with Crippen LogP contribution in [0.2, 0.25) is 0 Å². The predicted molar refractivity (Wildman–Crippen MR) is 202 cm³/mol. The maximum Gasteiger partial charge on any atom is 0.0387 e. The average molecular weight is 616 g/mol. The smallest absolute Gasteiger partial charge is 0.0387 e.